The van der Waals surface area contributed by atoms with E-state index in [-0.39, 0.29) is 38.9 Å². The van der Waals surface area contributed by atoms with Crippen LogP contribution in [-0.4, -0.2) is 37.2 Å². The first-order valence-corrected chi connectivity index (χ1v) is 16.2. The second-order valence-corrected chi connectivity index (χ2v) is 15.2. The summed E-state index contributed by atoms with van der Waals surface area (Å²) in [6, 6.07) is 7.84. The minimum atomic E-state index is -4.25. The lowest BCUT2D eigenvalue weighted by Crippen LogP contribution is -2.35. The molecule has 2 unspecified atom stereocenters. The van der Waals surface area contributed by atoms with E-state index in [1.165, 1.54) is 36.0 Å². The normalized spacial score (nSPS) is 14.6. The fourth-order valence-electron chi connectivity index (χ4n) is 3.86. The van der Waals surface area contributed by atoms with Gasteiger partial charge in [0, 0.05) is 59.3 Å². The van der Waals surface area contributed by atoms with Crippen LogP contribution in [0.4, 0.5) is 4.39 Å². The van der Waals surface area contributed by atoms with Gasteiger partial charge < -0.3 is 9.12 Å². The molecule has 3 aromatic rings. The molecule has 0 bridgehead atoms. The highest BCUT2D eigenvalue weighted by Gasteiger charge is 2.28. The molecule has 0 amide bonds. The second-order valence-electron chi connectivity index (χ2n) is 10.1. The van der Waals surface area contributed by atoms with Crippen molar-refractivity contribution in [1.29, 1.82) is 0 Å². The Morgan fingerprint density at radius 1 is 1.10 bits per heavy atom. The molecule has 0 spiro atoms. The number of rotatable bonds is 10. The van der Waals surface area contributed by atoms with E-state index in [0.29, 0.717) is 16.7 Å². The number of nitrogens with zero attached hydrogens (tertiary/aromatic N) is 1. The Hall–Kier alpha value is -2.26. The van der Waals surface area contributed by atoms with Crippen LogP contribution in [0.3, 0.4) is 0 Å². The number of pyridine rings is 1. The first-order chi connectivity index (χ1) is 18.5. The summed E-state index contributed by atoms with van der Waals surface area (Å²) in [7, 11) is -4.26. The van der Waals surface area contributed by atoms with Crippen LogP contribution in [0.2, 0.25) is 5.02 Å². The van der Waals surface area contributed by atoms with Crippen LogP contribution < -0.4 is 15.0 Å². The Morgan fingerprint density at radius 2 is 1.73 bits per heavy atom. The summed E-state index contributed by atoms with van der Waals surface area (Å²) in [6.45, 7) is 7.07. The van der Waals surface area contributed by atoms with Crippen molar-refractivity contribution < 1.29 is 25.8 Å². The minimum absolute atomic E-state index is 0.00197. The van der Waals surface area contributed by atoms with Crippen molar-refractivity contribution >= 4 is 43.7 Å². The SMILES string of the molecule is C[C@H](NS(=O)C(C)(C)C)c1cc(=O)n(C)cc1-c1cc(CCNS(=O)[O-])c(Cl)cc1S(=O)(=O)c1ccc(F)cc1. The number of benzene rings is 2. The maximum atomic E-state index is 13.8. The first-order valence-electron chi connectivity index (χ1n) is 12.1. The second kappa shape index (κ2) is 12.7. The average Bonchev–Trinajstić information content (AvgIpc) is 2.85. The van der Waals surface area contributed by atoms with Crippen molar-refractivity contribution in [1.82, 2.24) is 14.0 Å². The zero-order valence-corrected chi connectivity index (χ0v) is 25.7. The fraction of sp³-hybridized carbons (Fsp3) is 0.346. The monoisotopic (exact) mass is 630 g/mol. The molecule has 2 N–H and O–H groups in total. The molecule has 3 rings (SSSR count). The van der Waals surface area contributed by atoms with Crippen molar-refractivity contribution in [3.63, 3.8) is 0 Å². The Labute approximate surface area is 243 Å². The topological polar surface area (TPSA) is 137 Å². The van der Waals surface area contributed by atoms with Gasteiger partial charge in [0.25, 0.3) is 5.56 Å². The van der Waals surface area contributed by atoms with E-state index in [1.54, 1.807) is 27.7 Å². The van der Waals surface area contributed by atoms with Crippen LogP contribution in [-0.2, 0) is 45.6 Å². The molecule has 0 aliphatic rings. The summed E-state index contributed by atoms with van der Waals surface area (Å²) in [4.78, 5) is 12.3. The molecule has 9 nitrogen and oxygen atoms in total. The Morgan fingerprint density at radius 3 is 2.30 bits per heavy atom. The van der Waals surface area contributed by atoms with E-state index in [2.05, 4.69) is 9.44 Å². The quantitative estimate of drug-likeness (QED) is 0.259. The molecule has 218 valence electrons. The van der Waals surface area contributed by atoms with E-state index in [1.807, 2.05) is 0 Å². The van der Waals surface area contributed by atoms with Gasteiger partial charge in [-0.05, 0) is 81.6 Å². The van der Waals surface area contributed by atoms with E-state index in [0.717, 1.165) is 24.3 Å². The molecule has 14 heteroatoms. The lowest BCUT2D eigenvalue weighted by Gasteiger charge is -2.25. The highest BCUT2D eigenvalue weighted by Crippen LogP contribution is 2.38. The molecule has 3 atom stereocenters. The lowest BCUT2D eigenvalue weighted by molar-refractivity contribution is 0.523. The van der Waals surface area contributed by atoms with Crippen LogP contribution in [0, 0.1) is 5.82 Å². The number of nitrogens with one attached hydrogen (secondary N) is 2. The van der Waals surface area contributed by atoms with Crippen LogP contribution in [0.1, 0.15) is 44.9 Å². The predicted molar refractivity (Wildman–Crippen MR) is 154 cm³/mol. The zero-order chi connectivity index (χ0) is 30.0. The lowest BCUT2D eigenvalue weighted by atomic mass is 9.95. The van der Waals surface area contributed by atoms with Crippen molar-refractivity contribution in [2.75, 3.05) is 6.54 Å². The molecule has 2 aromatic carbocycles. The summed E-state index contributed by atoms with van der Waals surface area (Å²) >= 11 is 3.98. The van der Waals surface area contributed by atoms with Gasteiger partial charge in [0.1, 0.15) is 5.82 Å². The Bertz CT molecular complexity index is 1620. The van der Waals surface area contributed by atoms with Gasteiger partial charge in [0.15, 0.2) is 0 Å². The van der Waals surface area contributed by atoms with Crippen molar-refractivity contribution in [2.24, 2.45) is 7.05 Å². The van der Waals surface area contributed by atoms with Crippen LogP contribution >= 0.6 is 11.6 Å². The van der Waals surface area contributed by atoms with Gasteiger partial charge in [0.2, 0.25) is 9.84 Å². The molecule has 40 heavy (non-hydrogen) atoms. The molecule has 0 radical (unpaired) electrons. The van der Waals surface area contributed by atoms with Crippen LogP contribution in [0.5, 0.6) is 0 Å². The van der Waals surface area contributed by atoms with E-state index >= 15 is 0 Å². The summed E-state index contributed by atoms with van der Waals surface area (Å²) in [5, 5.41) is 0.0781. The average molecular weight is 631 g/mol. The number of aryl methyl sites for hydroxylation is 1. The predicted octanol–water partition coefficient (Wildman–Crippen LogP) is 3.72. The number of hydrogen-bond acceptors (Lipinski definition) is 6. The third kappa shape index (κ3) is 7.52. The number of sulfone groups is 1. The van der Waals surface area contributed by atoms with E-state index in [9.17, 15) is 30.6 Å². The molecule has 1 heterocycles. The van der Waals surface area contributed by atoms with Gasteiger partial charge in [-0.25, -0.2) is 26.5 Å². The van der Waals surface area contributed by atoms with Crippen molar-refractivity contribution in [2.45, 2.75) is 54.7 Å². The standard InChI is InChI=1S/C26H31ClFN3O6S3/c1-16(30-38(33)26(2,3)4)20-13-25(32)31(5)15-22(20)21-12-17(10-11-29-39(34)35)23(27)14-24(21)40(36,37)19-8-6-18(28)7-9-19/h6-9,12-16,29-30H,10-11H2,1-5H3,(H,34,35)/p-1/t16-,38?/m0/s1. The van der Waals surface area contributed by atoms with Gasteiger partial charge in [-0.2, -0.15) is 0 Å². The number of halogens is 2. The molecule has 1 aromatic heterocycles. The summed E-state index contributed by atoms with van der Waals surface area (Å²) < 4.78 is 82.0. The third-order valence-electron chi connectivity index (χ3n) is 6.03. The van der Waals surface area contributed by atoms with Gasteiger partial charge in [-0.15, -0.1) is 0 Å². The molecular formula is C26H30ClFN3O6S3-. The molecule has 0 saturated heterocycles. The smallest absolute Gasteiger partial charge is 0.250 e. The number of aromatic nitrogens is 1. The van der Waals surface area contributed by atoms with Crippen molar-refractivity contribution in [3.05, 3.63) is 81.0 Å². The Kier molecular flexibility index (Phi) is 10.3. The van der Waals surface area contributed by atoms with Crippen molar-refractivity contribution in [3.8, 4) is 11.1 Å². The van der Waals surface area contributed by atoms with E-state index in [4.69, 9.17) is 11.6 Å². The molecule has 0 aliphatic carbocycles. The van der Waals surface area contributed by atoms with Gasteiger partial charge in [-0.3, -0.25) is 9.00 Å². The minimum Gasteiger partial charge on any atom is -0.760 e. The third-order valence-corrected chi connectivity index (χ3v) is 10.3. The maximum Gasteiger partial charge on any atom is 0.250 e. The maximum absolute atomic E-state index is 13.8. The van der Waals surface area contributed by atoms with Gasteiger partial charge in [-0.1, -0.05) is 11.6 Å². The summed E-state index contributed by atoms with van der Waals surface area (Å²) in [6.07, 6.45) is 1.62. The number of hydrogen-bond donors (Lipinski definition) is 2. The first kappa shape index (κ1) is 32.3. The Balaban J connectivity index is 2.31. The van der Waals surface area contributed by atoms with Crippen LogP contribution in [0.15, 0.2) is 63.2 Å². The molecule has 0 saturated carbocycles. The highest BCUT2D eigenvalue weighted by atomic mass is 35.5. The molecular weight excluding hydrogens is 601 g/mol. The summed E-state index contributed by atoms with van der Waals surface area (Å²) in [5.74, 6) is -0.608. The van der Waals surface area contributed by atoms with Gasteiger partial charge >= 0.3 is 0 Å². The summed E-state index contributed by atoms with van der Waals surface area (Å²) in [5.41, 5.74) is 1.02. The van der Waals surface area contributed by atoms with E-state index < -0.39 is 48.7 Å². The van der Waals surface area contributed by atoms with Crippen LogP contribution in [0.25, 0.3) is 11.1 Å². The fourth-order valence-corrected chi connectivity index (χ4v) is 6.74. The van der Waals surface area contributed by atoms with Gasteiger partial charge in [0.05, 0.1) is 25.5 Å². The zero-order valence-electron chi connectivity index (χ0n) is 22.5. The highest BCUT2D eigenvalue weighted by molar-refractivity contribution is 7.91. The molecule has 0 aliphatic heterocycles. The molecule has 0 fully saturated rings. The largest absolute Gasteiger partial charge is 0.760 e.